The average Bonchev–Trinajstić information content (AvgIpc) is 2.60. The Kier molecular flexibility index (Phi) is 6.67. The number of piperidine rings is 1. The molecule has 0 spiro atoms. The second-order valence-electron chi connectivity index (χ2n) is 6.71. The van der Waals surface area contributed by atoms with Gasteiger partial charge in [-0.05, 0) is 44.7 Å². The molecule has 0 aromatic heterocycles. The molecule has 1 atom stereocenters. The largest absolute Gasteiger partial charge is 0.490 e. The van der Waals surface area contributed by atoms with Gasteiger partial charge in [-0.15, -0.1) is 0 Å². The number of aryl methyl sites for hydroxylation is 1. The van der Waals surface area contributed by atoms with Crippen molar-refractivity contribution < 1.29 is 19.4 Å². The zero-order valence-corrected chi connectivity index (χ0v) is 15.2. The smallest absolute Gasteiger partial charge is 0.317 e. The molecule has 1 aliphatic heterocycles. The number of carbonyl (C=O) groups excluding carboxylic acids is 1. The van der Waals surface area contributed by atoms with Gasteiger partial charge in [0, 0.05) is 25.2 Å². The van der Waals surface area contributed by atoms with E-state index in [-0.39, 0.29) is 18.1 Å². The van der Waals surface area contributed by atoms with E-state index in [1.54, 1.807) is 4.90 Å². The fraction of sp³-hybridized carbons (Fsp3) is 0.579. The minimum absolute atomic E-state index is 0.117. The van der Waals surface area contributed by atoms with Crippen molar-refractivity contribution >= 4 is 12.0 Å². The molecule has 138 valence electrons. The minimum Gasteiger partial charge on any atom is -0.490 e. The third-order valence-electron chi connectivity index (χ3n) is 4.69. The van der Waals surface area contributed by atoms with E-state index in [0.29, 0.717) is 32.5 Å². The van der Waals surface area contributed by atoms with Crippen LogP contribution < -0.4 is 10.1 Å². The van der Waals surface area contributed by atoms with E-state index in [9.17, 15) is 9.59 Å². The van der Waals surface area contributed by atoms with Gasteiger partial charge in [0.05, 0.1) is 12.0 Å². The molecule has 0 radical (unpaired) electrons. The molecule has 1 aliphatic rings. The van der Waals surface area contributed by atoms with Crippen LogP contribution in [0.5, 0.6) is 5.75 Å². The van der Waals surface area contributed by atoms with Crippen LogP contribution in [0, 0.1) is 12.8 Å². The van der Waals surface area contributed by atoms with Gasteiger partial charge in [-0.3, -0.25) is 4.79 Å². The number of benzene rings is 1. The fourth-order valence-corrected chi connectivity index (χ4v) is 2.83. The number of aliphatic carboxylic acids is 1. The summed E-state index contributed by atoms with van der Waals surface area (Å²) in [4.78, 5) is 25.0. The Balaban J connectivity index is 1.92. The van der Waals surface area contributed by atoms with Crippen LogP contribution in [0.25, 0.3) is 0 Å². The van der Waals surface area contributed by atoms with Gasteiger partial charge in [0.1, 0.15) is 5.75 Å². The van der Waals surface area contributed by atoms with Crippen LogP contribution in [0.4, 0.5) is 4.79 Å². The minimum atomic E-state index is -0.772. The zero-order chi connectivity index (χ0) is 18.4. The first-order valence-corrected chi connectivity index (χ1v) is 8.92. The molecular weight excluding hydrogens is 320 g/mol. The molecule has 1 fully saturated rings. The lowest BCUT2D eigenvalue weighted by atomic mass is 9.97. The van der Waals surface area contributed by atoms with Crippen LogP contribution in [0.1, 0.15) is 44.2 Å². The maximum atomic E-state index is 12.3. The van der Waals surface area contributed by atoms with Crippen molar-refractivity contribution in [2.24, 2.45) is 5.92 Å². The lowest BCUT2D eigenvalue weighted by Gasteiger charge is -2.30. The molecule has 1 saturated heterocycles. The fourth-order valence-electron chi connectivity index (χ4n) is 2.83. The zero-order valence-electron chi connectivity index (χ0n) is 15.2. The second kappa shape index (κ2) is 8.74. The molecule has 2 amide bonds. The van der Waals surface area contributed by atoms with Gasteiger partial charge in [0.2, 0.25) is 0 Å². The van der Waals surface area contributed by atoms with E-state index in [1.165, 1.54) is 0 Å². The van der Waals surface area contributed by atoms with Crippen molar-refractivity contribution in [1.29, 1.82) is 0 Å². The molecule has 2 N–H and O–H groups in total. The summed E-state index contributed by atoms with van der Waals surface area (Å²) in [7, 11) is 0. The summed E-state index contributed by atoms with van der Waals surface area (Å²) in [6, 6.07) is 5.82. The molecule has 0 saturated carbocycles. The topological polar surface area (TPSA) is 78.9 Å². The van der Waals surface area contributed by atoms with Crippen LogP contribution in [-0.4, -0.2) is 41.2 Å². The number of rotatable bonds is 6. The number of nitrogens with one attached hydrogen (secondary N) is 1. The second-order valence-corrected chi connectivity index (χ2v) is 6.71. The molecule has 0 bridgehead atoms. The SMILES string of the molecule is CCC(C)Oc1cc(C)ccc1CNC(=O)N1CCC(C(=O)O)CC1. The van der Waals surface area contributed by atoms with Gasteiger partial charge in [0.15, 0.2) is 0 Å². The van der Waals surface area contributed by atoms with Gasteiger partial charge < -0.3 is 20.1 Å². The van der Waals surface area contributed by atoms with Gasteiger partial charge in [-0.2, -0.15) is 0 Å². The van der Waals surface area contributed by atoms with Gasteiger partial charge >= 0.3 is 12.0 Å². The van der Waals surface area contributed by atoms with Crippen molar-refractivity contribution in [3.05, 3.63) is 29.3 Å². The Morgan fingerprint density at radius 2 is 2.04 bits per heavy atom. The summed E-state index contributed by atoms with van der Waals surface area (Å²) < 4.78 is 5.96. The number of hydrogen-bond acceptors (Lipinski definition) is 3. The number of likely N-dealkylation sites (tertiary alicyclic amines) is 1. The van der Waals surface area contributed by atoms with E-state index < -0.39 is 5.97 Å². The maximum absolute atomic E-state index is 12.3. The standard InChI is InChI=1S/C19H28N2O4/c1-4-14(3)25-17-11-13(2)5-6-16(17)12-20-19(24)21-9-7-15(8-10-21)18(22)23/h5-6,11,14-15H,4,7-10,12H2,1-3H3,(H,20,24)(H,22,23). The molecule has 25 heavy (non-hydrogen) atoms. The Hall–Kier alpha value is -2.24. The van der Waals surface area contributed by atoms with E-state index in [2.05, 4.69) is 12.2 Å². The molecule has 1 heterocycles. The van der Waals surface area contributed by atoms with Crippen LogP contribution in [0.2, 0.25) is 0 Å². The molecule has 2 rings (SSSR count). The quantitative estimate of drug-likeness (QED) is 0.827. The van der Waals surface area contributed by atoms with Crippen molar-refractivity contribution in [1.82, 2.24) is 10.2 Å². The van der Waals surface area contributed by atoms with E-state index in [1.807, 2.05) is 32.0 Å². The predicted molar refractivity (Wildman–Crippen MR) is 95.7 cm³/mol. The number of urea groups is 1. The first kappa shape index (κ1) is 19.1. The Morgan fingerprint density at radius 3 is 2.64 bits per heavy atom. The molecule has 1 unspecified atom stereocenters. The molecular formula is C19H28N2O4. The van der Waals surface area contributed by atoms with Crippen LogP contribution in [-0.2, 0) is 11.3 Å². The highest BCUT2D eigenvalue weighted by Gasteiger charge is 2.26. The van der Waals surface area contributed by atoms with Crippen molar-refractivity contribution in [2.45, 2.75) is 52.7 Å². The van der Waals surface area contributed by atoms with Gasteiger partial charge in [-0.1, -0.05) is 19.1 Å². The highest BCUT2D eigenvalue weighted by Crippen LogP contribution is 2.23. The summed E-state index contributed by atoms with van der Waals surface area (Å²) in [5, 5.41) is 12.0. The Labute approximate surface area is 149 Å². The molecule has 1 aromatic rings. The third-order valence-corrected chi connectivity index (χ3v) is 4.69. The van der Waals surface area contributed by atoms with E-state index >= 15 is 0 Å². The van der Waals surface area contributed by atoms with Crippen LogP contribution >= 0.6 is 0 Å². The lowest BCUT2D eigenvalue weighted by Crippen LogP contribution is -2.45. The number of ether oxygens (including phenoxy) is 1. The Bertz CT molecular complexity index is 609. The summed E-state index contributed by atoms with van der Waals surface area (Å²) in [5.74, 6) is -0.303. The molecule has 6 heteroatoms. The van der Waals surface area contributed by atoms with Crippen molar-refractivity contribution in [3.63, 3.8) is 0 Å². The first-order chi connectivity index (χ1) is 11.9. The predicted octanol–water partition coefficient (Wildman–Crippen LogP) is 3.18. The maximum Gasteiger partial charge on any atom is 0.317 e. The van der Waals surface area contributed by atoms with Crippen molar-refractivity contribution in [2.75, 3.05) is 13.1 Å². The highest BCUT2D eigenvalue weighted by molar-refractivity contribution is 5.75. The van der Waals surface area contributed by atoms with Gasteiger partial charge in [0.25, 0.3) is 0 Å². The monoisotopic (exact) mass is 348 g/mol. The summed E-state index contributed by atoms with van der Waals surface area (Å²) >= 11 is 0. The number of amides is 2. The highest BCUT2D eigenvalue weighted by atomic mass is 16.5. The number of hydrogen-bond donors (Lipinski definition) is 2. The number of carboxylic acid groups (broad SMARTS) is 1. The van der Waals surface area contributed by atoms with Crippen LogP contribution in [0.15, 0.2) is 18.2 Å². The van der Waals surface area contributed by atoms with E-state index in [4.69, 9.17) is 9.84 Å². The number of nitrogens with zero attached hydrogens (tertiary/aromatic N) is 1. The Morgan fingerprint density at radius 1 is 1.36 bits per heavy atom. The normalized spacial score (nSPS) is 16.4. The van der Waals surface area contributed by atoms with Gasteiger partial charge in [-0.25, -0.2) is 4.79 Å². The summed E-state index contributed by atoms with van der Waals surface area (Å²) in [6.45, 7) is 7.46. The molecule has 0 aliphatic carbocycles. The van der Waals surface area contributed by atoms with Crippen molar-refractivity contribution in [3.8, 4) is 5.75 Å². The van der Waals surface area contributed by atoms with E-state index in [0.717, 1.165) is 23.3 Å². The number of carboxylic acids is 1. The average molecular weight is 348 g/mol. The van der Waals surface area contributed by atoms with Crippen LogP contribution in [0.3, 0.4) is 0 Å². The molecule has 1 aromatic carbocycles. The first-order valence-electron chi connectivity index (χ1n) is 8.92. The lowest BCUT2D eigenvalue weighted by molar-refractivity contribution is -0.143. The summed E-state index contributed by atoms with van der Waals surface area (Å²) in [6.07, 6.45) is 2.05. The summed E-state index contributed by atoms with van der Waals surface area (Å²) in [5.41, 5.74) is 2.06. The number of carbonyl (C=O) groups is 2. The molecule has 6 nitrogen and oxygen atoms in total. The third kappa shape index (κ3) is 5.37.